The highest BCUT2D eigenvalue weighted by atomic mass is 127. The highest BCUT2D eigenvalue weighted by Gasteiger charge is 2.09. The summed E-state index contributed by atoms with van der Waals surface area (Å²) in [5.74, 6) is 0.932. The minimum absolute atomic E-state index is 0.0870. The predicted octanol–water partition coefficient (Wildman–Crippen LogP) is 6.04. The third kappa shape index (κ3) is 6.12. The van der Waals surface area contributed by atoms with Gasteiger partial charge in [0.2, 0.25) is 0 Å². The molecule has 1 aromatic heterocycles. The summed E-state index contributed by atoms with van der Waals surface area (Å²) < 4.78 is 7.70. The fourth-order valence-electron chi connectivity index (χ4n) is 2.26. The van der Waals surface area contributed by atoms with Crippen LogP contribution in [0.1, 0.15) is 11.1 Å². The molecule has 3 aromatic rings. The zero-order valence-electron chi connectivity index (χ0n) is 14.7. The molecule has 0 unspecified atom stereocenters. The van der Waals surface area contributed by atoms with Gasteiger partial charge in [-0.2, -0.15) is 5.10 Å². The first-order chi connectivity index (χ1) is 13.9. The van der Waals surface area contributed by atoms with Crippen LogP contribution in [-0.2, 0) is 6.61 Å². The summed E-state index contributed by atoms with van der Waals surface area (Å²) in [6.45, 7) is 0.399. The third-order valence-electron chi connectivity index (χ3n) is 3.67. The summed E-state index contributed by atoms with van der Waals surface area (Å²) in [7, 11) is 0. The van der Waals surface area contributed by atoms with Crippen LogP contribution in [0.5, 0.6) is 5.75 Å². The Labute approximate surface area is 193 Å². The summed E-state index contributed by atoms with van der Waals surface area (Å²) in [5.41, 5.74) is 4.40. The Morgan fingerprint density at radius 3 is 2.66 bits per heavy atom. The van der Waals surface area contributed by atoms with Crippen molar-refractivity contribution in [1.82, 2.24) is 4.98 Å². The molecular weight excluding hydrogens is 574 g/mol. The Morgan fingerprint density at radius 2 is 2.03 bits per heavy atom. The Kier molecular flexibility index (Phi) is 7.40. The van der Waals surface area contributed by atoms with Gasteiger partial charge in [-0.15, -0.1) is 0 Å². The van der Waals surface area contributed by atoms with Gasteiger partial charge in [-0.25, -0.2) is 4.98 Å². The molecule has 3 rings (SSSR count). The van der Waals surface area contributed by atoms with E-state index in [2.05, 4.69) is 54.0 Å². The molecule has 0 aliphatic heterocycles. The number of hydrazone groups is 1. The fraction of sp³-hybridized carbons (Fsp3) is 0.0526. The van der Waals surface area contributed by atoms with Crippen LogP contribution in [0.4, 0.5) is 11.5 Å². The maximum Gasteiger partial charge on any atom is 0.287 e. The maximum absolute atomic E-state index is 10.6. The number of ether oxygens (including phenoxy) is 1. The van der Waals surface area contributed by atoms with Gasteiger partial charge in [0.25, 0.3) is 5.69 Å². The fourth-order valence-corrected chi connectivity index (χ4v) is 3.61. The molecule has 0 aliphatic rings. The van der Waals surface area contributed by atoms with Crippen LogP contribution in [0.15, 0.2) is 64.3 Å². The van der Waals surface area contributed by atoms with Gasteiger partial charge in [0.1, 0.15) is 18.6 Å². The van der Waals surface area contributed by atoms with E-state index < -0.39 is 4.92 Å². The van der Waals surface area contributed by atoms with E-state index in [1.165, 1.54) is 12.1 Å². The van der Waals surface area contributed by atoms with Gasteiger partial charge in [0, 0.05) is 9.64 Å². The summed E-state index contributed by atoms with van der Waals surface area (Å²) in [5, 5.41) is 15.1. The van der Waals surface area contributed by atoms with Crippen molar-refractivity contribution < 1.29 is 9.66 Å². The van der Waals surface area contributed by atoms with Crippen LogP contribution < -0.4 is 10.2 Å². The molecule has 7 nitrogen and oxygen atoms in total. The lowest BCUT2D eigenvalue weighted by Gasteiger charge is -2.11. The van der Waals surface area contributed by atoms with Crippen molar-refractivity contribution in [2.75, 3.05) is 5.43 Å². The predicted molar refractivity (Wildman–Crippen MR) is 125 cm³/mol. The topological polar surface area (TPSA) is 89.7 Å². The number of rotatable bonds is 7. The standard InChI is InChI=1S/C19H13BrClIN4O3/c20-16-7-13(9-24-25-18-6-5-15(10-23-18)26(27)28)8-17(21)19(16)29-11-12-1-3-14(22)4-2-12/h1-10H,11H2,(H,23,25)/b24-9-. The number of aromatic nitrogens is 1. The van der Waals surface area contributed by atoms with Crippen molar-refractivity contribution in [1.29, 1.82) is 0 Å². The first-order valence-corrected chi connectivity index (χ1v) is 10.4. The van der Waals surface area contributed by atoms with E-state index in [0.29, 0.717) is 27.7 Å². The molecule has 0 fully saturated rings. The first-order valence-electron chi connectivity index (χ1n) is 8.18. The Hall–Kier alpha value is -2.24. The minimum atomic E-state index is -0.512. The smallest absolute Gasteiger partial charge is 0.287 e. The largest absolute Gasteiger partial charge is 0.486 e. The quantitative estimate of drug-likeness (QED) is 0.158. The monoisotopic (exact) mass is 586 g/mol. The molecule has 2 aromatic carbocycles. The molecule has 0 atom stereocenters. The van der Waals surface area contributed by atoms with Crippen molar-refractivity contribution in [3.8, 4) is 5.75 Å². The van der Waals surface area contributed by atoms with Crippen molar-refractivity contribution in [2.45, 2.75) is 6.61 Å². The van der Waals surface area contributed by atoms with Crippen LogP contribution in [0.25, 0.3) is 0 Å². The second kappa shape index (κ2) is 9.99. The Balaban J connectivity index is 1.64. The molecule has 0 radical (unpaired) electrons. The lowest BCUT2D eigenvalue weighted by Crippen LogP contribution is -1.98. The van der Waals surface area contributed by atoms with Crippen LogP contribution in [0.3, 0.4) is 0 Å². The highest BCUT2D eigenvalue weighted by Crippen LogP contribution is 2.34. The number of nitro groups is 1. The zero-order valence-corrected chi connectivity index (χ0v) is 19.2. The van der Waals surface area contributed by atoms with Gasteiger partial charge in [-0.3, -0.25) is 15.5 Å². The SMILES string of the molecule is O=[N+]([O-])c1ccc(N/N=C\c2cc(Cl)c(OCc3ccc(I)cc3)c(Br)c2)nc1. The van der Waals surface area contributed by atoms with Gasteiger partial charge in [-0.05, 0) is 80.0 Å². The molecule has 29 heavy (non-hydrogen) atoms. The number of halogens is 3. The normalized spacial score (nSPS) is 10.9. The maximum atomic E-state index is 10.6. The summed E-state index contributed by atoms with van der Waals surface area (Å²) >= 11 is 12.1. The van der Waals surface area contributed by atoms with Crippen LogP contribution in [-0.4, -0.2) is 16.1 Å². The van der Waals surface area contributed by atoms with E-state index in [-0.39, 0.29) is 5.69 Å². The lowest BCUT2D eigenvalue weighted by atomic mass is 10.2. The minimum Gasteiger partial charge on any atom is -0.486 e. The van der Waals surface area contributed by atoms with Gasteiger partial charge < -0.3 is 4.74 Å². The molecule has 0 saturated carbocycles. The Bertz CT molecular complexity index is 1020. The highest BCUT2D eigenvalue weighted by molar-refractivity contribution is 14.1. The molecule has 1 heterocycles. The van der Waals surface area contributed by atoms with Gasteiger partial charge >= 0.3 is 0 Å². The van der Waals surface area contributed by atoms with Crippen LogP contribution in [0.2, 0.25) is 5.02 Å². The zero-order chi connectivity index (χ0) is 20.8. The van der Waals surface area contributed by atoms with E-state index >= 15 is 0 Å². The summed E-state index contributed by atoms with van der Waals surface area (Å²) in [4.78, 5) is 14.0. The molecule has 0 bridgehead atoms. The van der Waals surface area contributed by atoms with E-state index in [9.17, 15) is 10.1 Å². The lowest BCUT2D eigenvalue weighted by molar-refractivity contribution is -0.385. The average molecular weight is 588 g/mol. The number of anilines is 1. The molecule has 0 amide bonds. The number of hydrogen-bond donors (Lipinski definition) is 1. The van der Waals surface area contributed by atoms with E-state index in [1.807, 2.05) is 30.3 Å². The molecule has 148 valence electrons. The van der Waals surface area contributed by atoms with E-state index in [0.717, 1.165) is 20.9 Å². The van der Waals surface area contributed by atoms with E-state index in [1.54, 1.807) is 12.3 Å². The third-order valence-corrected chi connectivity index (χ3v) is 5.26. The molecule has 0 saturated heterocycles. The number of benzene rings is 2. The molecular formula is C19H13BrClIN4O3. The Morgan fingerprint density at radius 1 is 1.28 bits per heavy atom. The number of nitrogens with zero attached hydrogens (tertiary/aromatic N) is 3. The summed E-state index contributed by atoms with van der Waals surface area (Å²) in [6, 6.07) is 14.4. The van der Waals surface area contributed by atoms with Crippen LogP contribution in [0, 0.1) is 13.7 Å². The van der Waals surface area contributed by atoms with Gasteiger partial charge in [-0.1, -0.05) is 23.7 Å². The van der Waals surface area contributed by atoms with Crippen molar-refractivity contribution in [3.63, 3.8) is 0 Å². The molecule has 10 heteroatoms. The van der Waals surface area contributed by atoms with Crippen molar-refractivity contribution in [3.05, 3.63) is 89.0 Å². The van der Waals surface area contributed by atoms with Gasteiger partial charge in [0.15, 0.2) is 5.75 Å². The molecule has 1 N–H and O–H groups in total. The number of hydrogen-bond acceptors (Lipinski definition) is 6. The molecule has 0 spiro atoms. The second-order valence-electron chi connectivity index (χ2n) is 5.76. The van der Waals surface area contributed by atoms with E-state index in [4.69, 9.17) is 16.3 Å². The second-order valence-corrected chi connectivity index (χ2v) is 8.26. The number of nitrogens with one attached hydrogen (secondary N) is 1. The first kappa shape index (κ1) is 21.5. The summed E-state index contributed by atoms with van der Waals surface area (Å²) in [6.07, 6.45) is 2.72. The van der Waals surface area contributed by atoms with Crippen molar-refractivity contribution >= 4 is 67.8 Å². The molecule has 0 aliphatic carbocycles. The van der Waals surface area contributed by atoms with Gasteiger partial charge in [0.05, 0.1) is 20.6 Å². The van der Waals surface area contributed by atoms with Crippen LogP contribution >= 0.6 is 50.1 Å². The average Bonchev–Trinajstić information content (AvgIpc) is 2.69. The number of pyridine rings is 1. The van der Waals surface area contributed by atoms with Crippen molar-refractivity contribution in [2.24, 2.45) is 5.10 Å².